The van der Waals surface area contributed by atoms with Crippen molar-refractivity contribution >= 4 is 5.97 Å². The Morgan fingerprint density at radius 2 is 2.08 bits per heavy atom. The summed E-state index contributed by atoms with van der Waals surface area (Å²) in [5.74, 6) is -0.348. The summed E-state index contributed by atoms with van der Waals surface area (Å²) in [7, 11) is 1.37. The van der Waals surface area contributed by atoms with Crippen LogP contribution in [0.15, 0.2) is 48.8 Å². The molecule has 120 valence electrons. The first-order valence-electron chi connectivity index (χ1n) is 7.80. The van der Waals surface area contributed by atoms with Crippen LogP contribution in [0.25, 0.3) is 11.3 Å². The molecule has 24 heavy (non-hydrogen) atoms. The Bertz CT molecular complexity index is 886. The highest BCUT2D eigenvalue weighted by Crippen LogP contribution is 2.32. The van der Waals surface area contributed by atoms with Gasteiger partial charge in [0, 0.05) is 11.8 Å². The summed E-state index contributed by atoms with van der Waals surface area (Å²) in [6.45, 7) is 0. The SMILES string of the molecule is COC(=O)c1ccc(-c2cn(C3CCc4cccnc43)nn2)cc1. The predicted octanol–water partition coefficient (Wildman–Crippen LogP) is 2.66. The first-order valence-corrected chi connectivity index (χ1v) is 7.80. The van der Waals surface area contributed by atoms with Crippen molar-refractivity contribution in [3.63, 3.8) is 0 Å². The van der Waals surface area contributed by atoms with Gasteiger partial charge in [-0.15, -0.1) is 5.10 Å². The van der Waals surface area contributed by atoms with Crippen LogP contribution in [0.3, 0.4) is 0 Å². The number of hydrogen-bond donors (Lipinski definition) is 0. The molecule has 0 N–H and O–H groups in total. The lowest BCUT2D eigenvalue weighted by Gasteiger charge is -2.09. The highest BCUT2D eigenvalue weighted by atomic mass is 16.5. The molecule has 6 heteroatoms. The number of esters is 1. The van der Waals surface area contributed by atoms with E-state index in [2.05, 4.69) is 21.4 Å². The number of hydrogen-bond acceptors (Lipinski definition) is 5. The van der Waals surface area contributed by atoms with Crippen LogP contribution in [0.4, 0.5) is 0 Å². The van der Waals surface area contributed by atoms with E-state index in [0.717, 1.165) is 29.8 Å². The third-order valence-electron chi connectivity index (χ3n) is 4.36. The van der Waals surface area contributed by atoms with E-state index in [1.165, 1.54) is 12.7 Å². The molecular weight excluding hydrogens is 304 g/mol. The molecule has 3 aromatic rings. The highest BCUT2D eigenvalue weighted by Gasteiger charge is 2.26. The predicted molar refractivity (Wildman–Crippen MR) is 87.5 cm³/mol. The number of carbonyl (C=O) groups excluding carboxylic acids is 1. The first kappa shape index (κ1) is 14.6. The number of benzene rings is 1. The van der Waals surface area contributed by atoms with Gasteiger partial charge in [0.25, 0.3) is 0 Å². The van der Waals surface area contributed by atoms with Gasteiger partial charge in [-0.2, -0.15) is 0 Å². The van der Waals surface area contributed by atoms with Crippen molar-refractivity contribution in [2.75, 3.05) is 7.11 Å². The summed E-state index contributed by atoms with van der Waals surface area (Å²) >= 11 is 0. The van der Waals surface area contributed by atoms with E-state index in [1.807, 2.05) is 35.3 Å². The van der Waals surface area contributed by atoms with Gasteiger partial charge in [0.05, 0.1) is 30.6 Å². The second-order valence-electron chi connectivity index (χ2n) is 5.75. The molecule has 0 amide bonds. The van der Waals surface area contributed by atoms with E-state index in [1.54, 1.807) is 12.1 Å². The minimum Gasteiger partial charge on any atom is -0.465 e. The molecule has 0 radical (unpaired) electrons. The zero-order chi connectivity index (χ0) is 16.5. The van der Waals surface area contributed by atoms with Gasteiger partial charge < -0.3 is 4.74 Å². The number of aromatic nitrogens is 4. The number of ether oxygens (including phenoxy) is 1. The summed E-state index contributed by atoms with van der Waals surface area (Å²) in [5.41, 5.74) is 4.56. The zero-order valence-corrected chi connectivity index (χ0v) is 13.2. The number of nitrogens with zero attached hydrogens (tertiary/aromatic N) is 4. The molecule has 0 aliphatic heterocycles. The maximum absolute atomic E-state index is 11.5. The number of methoxy groups -OCH3 is 1. The second-order valence-corrected chi connectivity index (χ2v) is 5.75. The Morgan fingerprint density at radius 1 is 1.25 bits per heavy atom. The number of carbonyl (C=O) groups is 1. The van der Waals surface area contributed by atoms with Gasteiger partial charge in [0.15, 0.2) is 0 Å². The maximum atomic E-state index is 11.5. The summed E-state index contributed by atoms with van der Waals surface area (Å²) < 4.78 is 6.59. The van der Waals surface area contributed by atoms with Crippen LogP contribution in [0, 0.1) is 0 Å². The van der Waals surface area contributed by atoms with Gasteiger partial charge in [0.2, 0.25) is 0 Å². The van der Waals surface area contributed by atoms with Crippen LogP contribution in [-0.4, -0.2) is 33.1 Å². The monoisotopic (exact) mass is 320 g/mol. The highest BCUT2D eigenvalue weighted by molar-refractivity contribution is 5.89. The Labute approximate surface area is 139 Å². The van der Waals surface area contributed by atoms with Crippen molar-refractivity contribution in [3.05, 3.63) is 65.6 Å². The Kier molecular flexibility index (Phi) is 3.57. The van der Waals surface area contributed by atoms with Crippen molar-refractivity contribution in [1.29, 1.82) is 0 Å². The van der Waals surface area contributed by atoms with Crippen molar-refractivity contribution in [2.24, 2.45) is 0 Å². The molecule has 0 bridgehead atoms. The molecule has 6 nitrogen and oxygen atoms in total. The molecule has 1 atom stereocenters. The van der Waals surface area contributed by atoms with Gasteiger partial charge in [-0.25, -0.2) is 9.48 Å². The lowest BCUT2D eigenvalue weighted by atomic mass is 10.1. The van der Waals surface area contributed by atoms with Crippen LogP contribution in [0.2, 0.25) is 0 Å². The van der Waals surface area contributed by atoms with Crippen molar-refractivity contribution < 1.29 is 9.53 Å². The third-order valence-corrected chi connectivity index (χ3v) is 4.36. The van der Waals surface area contributed by atoms with Gasteiger partial charge >= 0.3 is 5.97 Å². The molecule has 2 heterocycles. The van der Waals surface area contributed by atoms with E-state index in [0.29, 0.717) is 5.56 Å². The fraction of sp³-hybridized carbons (Fsp3) is 0.222. The number of pyridine rings is 1. The molecule has 0 saturated carbocycles. The van der Waals surface area contributed by atoms with E-state index >= 15 is 0 Å². The molecule has 1 aromatic carbocycles. The van der Waals surface area contributed by atoms with E-state index in [9.17, 15) is 4.79 Å². The average molecular weight is 320 g/mol. The quantitative estimate of drug-likeness (QED) is 0.694. The molecule has 0 spiro atoms. The van der Waals surface area contributed by atoms with Crippen LogP contribution < -0.4 is 0 Å². The number of fused-ring (bicyclic) bond motifs is 1. The lowest BCUT2D eigenvalue weighted by molar-refractivity contribution is 0.0601. The molecule has 0 fully saturated rings. The van der Waals surface area contributed by atoms with Crippen molar-refractivity contribution in [1.82, 2.24) is 20.0 Å². The van der Waals surface area contributed by atoms with Crippen LogP contribution in [0.1, 0.15) is 34.1 Å². The second kappa shape index (κ2) is 5.88. The Balaban J connectivity index is 1.61. The van der Waals surface area contributed by atoms with Gasteiger partial charge in [-0.05, 0) is 36.6 Å². The molecule has 2 aromatic heterocycles. The topological polar surface area (TPSA) is 69.9 Å². The summed E-state index contributed by atoms with van der Waals surface area (Å²) in [6, 6.07) is 11.4. The number of rotatable bonds is 3. The maximum Gasteiger partial charge on any atom is 0.337 e. The lowest BCUT2D eigenvalue weighted by Crippen LogP contribution is -2.09. The smallest absolute Gasteiger partial charge is 0.337 e. The van der Waals surface area contributed by atoms with Gasteiger partial charge in [0.1, 0.15) is 5.69 Å². The Hall–Kier alpha value is -3.02. The molecule has 4 rings (SSSR count). The van der Waals surface area contributed by atoms with Gasteiger partial charge in [-0.3, -0.25) is 4.98 Å². The summed E-state index contributed by atoms with van der Waals surface area (Å²) in [5, 5.41) is 8.55. The largest absolute Gasteiger partial charge is 0.465 e. The van der Waals surface area contributed by atoms with Crippen molar-refractivity contribution in [2.45, 2.75) is 18.9 Å². The molecular formula is C18H16N4O2. The fourth-order valence-corrected chi connectivity index (χ4v) is 3.11. The minimum absolute atomic E-state index is 0.136. The standard InChI is InChI=1S/C18H16N4O2/c1-24-18(23)14-6-4-12(5-7-14)15-11-22(21-20-15)16-9-8-13-3-2-10-19-17(13)16/h2-7,10-11,16H,8-9H2,1H3. The normalized spacial score (nSPS) is 16.0. The minimum atomic E-state index is -0.348. The number of aryl methyl sites for hydroxylation is 1. The molecule has 1 unspecified atom stereocenters. The molecule has 0 saturated heterocycles. The summed E-state index contributed by atoms with van der Waals surface area (Å²) in [4.78, 5) is 16.0. The first-order chi connectivity index (χ1) is 11.8. The van der Waals surface area contributed by atoms with Crippen LogP contribution in [0.5, 0.6) is 0 Å². The molecule has 1 aliphatic carbocycles. The fourth-order valence-electron chi connectivity index (χ4n) is 3.11. The van der Waals surface area contributed by atoms with E-state index in [-0.39, 0.29) is 12.0 Å². The third kappa shape index (κ3) is 2.46. The van der Waals surface area contributed by atoms with Crippen LogP contribution >= 0.6 is 0 Å². The van der Waals surface area contributed by atoms with Crippen molar-refractivity contribution in [3.8, 4) is 11.3 Å². The van der Waals surface area contributed by atoms with E-state index < -0.39 is 0 Å². The van der Waals surface area contributed by atoms with E-state index in [4.69, 9.17) is 4.74 Å². The average Bonchev–Trinajstić information content (AvgIpc) is 3.28. The zero-order valence-electron chi connectivity index (χ0n) is 13.2. The van der Waals surface area contributed by atoms with Gasteiger partial charge in [-0.1, -0.05) is 23.4 Å². The summed E-state index contributed by atoms with van der Waals surface area (Å²) in [6.07, 6.45) is 5.75. The van der Waals surface area contributed by atoms with Crippen LogP contribution in [-0.2, 0) is 11.2 Å². The Morgan fingerprint density at radius 3 is 2.88 bits per heavy atom. The molecule has 1 aliphatic rings.